The van der Waals surface area contributed by atoms with E-state index in [0.717, 1.165) is 30.5 Å². The highest BCUT2D eigenvalue weighted by molar-refractivity contribution is 6.08. The highest BCUT2D eigenvalue weighted by atomic mass is 19.4. The number of anilines is 1. The molecule has 1 aliphatic heterocycles. The van der Waals surface area contributed by atoms with E-state index in [2.05, 4.69) is 5.32 Å². The summed E-state index contributed by atoms with van der Waals surface area (Å²) >= 11 is 0. The van der Waals surface area contributed by atoms with Crippen LogP contribution in [0, 0.1) is 0 Å². The van der Waals surface area contributed by atoms with Gasteiger partial charge in [0.2, 0.25) is 0 Å². The average molecular weight is 572 g/mol. The molecule has 42 heavy (non-hydrogen) atoms. The number of piperidine rings is 1. The van der Waals surface area contributed by atoms with Crippen LogP contribution in [-0.4, -0.2) is 29.9 Å². The van der Waals surface area contributed by atoms with Gasteiger partial charge in [0, 0.05) is 11.3 Å². The predicted octanol–water partition coefficient (Wildman–Crippen LogP) is 6.47. The molecule has 1 aliphatic rings. The molecule has 4 aromatic rings. The Labute approximate surface area is 242 Å². The summed E-state index contributed by atoms with van der Waals surface area (Å²) in [5.74, 6) is -1.24. The number of amides is 1. The first-order valence-corrected chi connectivity index (χ1v) is 13.8. The summed E-state index contributed by atoms with van der Waals surface area (Å²) in [6.45, 7) is 2.90. The smallest absolute Gasteiger partial charge is 0.416 e. The van der Waals surface area contributed by atoms with Crippen LogP contribution in [0.2, 0.25) is 0 Å². The van der Waals surface area contributed by atoms with Gasteiger partial charge in [-0.2, -0.15) is 13.2 Å². The quantitative estimate of drug-likeness (QED) is 0.276. The van der Waals surface area contributed by atoms with E-state index in [9.17, 15) is 27.9 Å². The standard InChI is InChI=1S/C34H31F3N2O3/c1-33(32(41)42,26-7-3-2-4-8-26)39-21-19-24(20-22-39)23-13-17-28(18-14-23)38-31(40)30-10-6-5-9-29(30)25-11-15-27(16-12-25)34(35,36)37/h2-18,24H,19-22H2,1H3,(H,38,40)(H,41,42)/p-1. The van der Waals surface area contributed by atoms with Crippen molar-refractivity contribution in [2.45, 2.75) is 37.4 Å². The molecule has 1 saturated heterocycles. The highest BCUT2D eigenvalue weighted by Gasteiger charge is 2.37. The molecule has 1 unspecified atom stereocenters. The molecule has 0 saturated carbocycles. The third-order valence-corrected chi connectivity index (χ3v) is 8.20. The van der Waals surface area contributed by atoms with E-state index in [-0.39, 0.29) is 11.8 Å². The molecule has 8 heteroatoms. The molecule has 0 radical (unpaired) electrons. The fourth-order valence-corrected chi connectivity index (χ4v) is 5.66. The molecule has 0 bridgehead atoms. The summed E-state index contributed by atoms with van der Waals surface area (Å²) < 4.78 is 39.0. The zero-order chi connectivity index (χ0) is 29.9. The zero-order valence-electron chi connectivity index (χ0n) is 23.0. The van der Waals surface area contributed by atoms with Crippen LogP contribution < -0.4 is 10.4 Å². The lowest BCUT2D eigenvalue weighted by Gasteiger charge is -2.46. The van der Waals surface area contributed by atoms with E-state index < -0.39 is 23.2 Å². The number of benzene rings is 4. The first kappa shape index (κ1) is 29.1. The molecule has 5 nitrogen and oxygen atoms in total. The van der Waals surface area contributed by atoms with Crippen LogP contribution in [0.15, 0.2) is 103 Å². The van der Waals surface area contributed by atoms with Gasteiger partial charge in [0.1, 0.15) is 0 Å². The van der Waals surface area contributed by atoms with Gasteiger partial charge < -0.3 is 15.2 Å². The number of halogens is 3. The lowest BCUT2D eigenvalue weighted by atomic mass is 9.84. The Morgan fingerprint density at radius 3 is 1.98 bits per heavy atom. The number of carbonyl (C=O) groups excluding carboxylic acids is 2. The second-order valence-corrected chi connectivity index (χ2v) is 10.7. The number of aliphatic carboxylic acids is 1. The Morgan fingerprint density at radius 2 is 1.38 bits per heavy atom. The lowest BCUT2D eigenvalue weighted by Crippen LogP contribution is -2.57. The second kappa shape index (κ2) is 11.8. The number of rotatable bonds is 7. The number of hydrogen-bond acceptors (Lipinski definition) is 4. The van der Waals surface area contributed by atoms with Crippen LogP contribution >= 0.6 is 0 Å². The minimum Gasteiger partial charge on any atom is -0.548 e. The normalized spacial score (nSPS) is 16.0. The molecule has 1 heterocycles. The van der Waals surface area contributed by atoms with Crippen molar-refractivity contribution < 1.29 is 27.9 Å². The number of hydrogen-bond donors (Lipinski definition) is 1. The van der Waals surface area contributed by atoms with E-state index in [0.29, 0.717) is 41.0 Å². The number of likely N-dealkylation sites (tertiary alicyclic amines) is 1. The van der Waals surface area contributed by atoms with Gasteiger partial charge in [-0.15, -0.1) is 0 Å². The molecule has 0 aromatic heterocycles. The maximum Gasteiger partial charge on any atom is 0.416 e. The number of carbonyl (C=O) groups is 2. The van der Waals surface area contributed by atoms with Crippen molar-refractivity contribution in [2.75, 3.05) is 18.4 Å². The minimum absolute atomic E-state index is 0.244. The molecule has 1 N–H and O–H groups in total. The number of carboxylic acids is 1. The van der Waals surface area contributed by atoms with Crippen molar-refractivity contribution in [2.24, 2.45) is 0 Å². The SMILES string of the molecule is CC(C(=O)[O-])(c1ccccc1)N1CCC(c2ccc(NC(=O)c3ccccc3-c3ccc(C(F)(F)F)cc3)cc2)CC1. The van der Waals surface area contributed by atoms with Crippen LogP contribution in [0.4, 0.5) is 18.9 Å². The van der Waals surface area contributed by atoms with Crippen LogP contribution in [-0.2, 0) is 16.5 Å². The average Bonchev–Trinajstić information content (AvgIpc) is 3.01. The zero-order valence-corrected chi connectivity index (χ0v) is 23.0. The molecular weight excluding hydrogens is 541 g/mol. The molecule has 0 aliphatic carbocycles. The second-order valence-electron chi connectivity index (χ2n) is 10.7. The van der Waals surface area contributed by atoms with E-state index in [1.165, 1.54) is 12.1 Å². The Balaban J connectivity index is 1.24. The fourth-order valence-electron chi connectivity index (χ4n) is 5.66. The summed E-state index contributed by atoms with van der Waals surface area (Å²) in [5, 5.41) is 15.1. The highest BCUT2D eigenvalue weighted by Crippen LogP contribution is 2.36. The van der Waals surface area contributed by atoms with Gasteiger partial charge in [0.05, 0.1) is 17.1 Å². The Hall–Kier alpha value is -4.43. The van der Waals surface area contributed by atoms with Gasteiger partial charge in [-0.05, 0) is 91.4 Å². The third-order valence-electron chi connectivity index (χ3n) is 8.20. The van der Waals surface area contributed by atoms with Crippen molar-refractivity contribution in [1.29, 1.82) is 0 Å². The van der Waals surface area contributed by atoms with E-state index in [1.54, 1.807) is 31.2 Å². The number of alkyl halides is 3. The molecule has 4 aromatic carbocycles. The van der Waals surface area contributed by atoms with Crippen molar-refractivity contribution >= 4 is 17.6 Å². The van der Waals surface area contributed by atoms with Crippen molar-refractivity contribution in [3.05, 3.63) is 125 Å². The first-order valence-electron chi connectivity index (χ1n) is 13.8. The van der Waals surface area contributed by atoms with Gasteiger partial charge in [-0.25, -0.2) is 0 Å². The summed E-state index contributed by atoms with van der Waals surface area (Å²) in [4.78, 5) is 27.4. The van der Waals surface area contributed by atoms with E-state index >= 15 is 0 Å². The van der Waals surface area contributed by atoms with Gasteiger partial charge in [-0.3, -0.25) is 9.69 Å². The van der Waals surface area contributed by atoms with Gasteiger partial charge in [0.15, 0.2) is 0 Å². The first-order chi connectivity index (χ1) is 20.1. The number of nitrogens with one attached hydrogen (secondary N) is 1. The Kier molecular flexibility index (Phi) is 8.18. The number of nitrogens with zero attached hydrogens (tertiary/aromatic N) is 1. The molecule has 0 spiro atoms. The predicted molar refractivity (Wildman–Crippen MR) is 154 cm³/mol. The largest absolute Gasteiger partial charge is 0.548 e. The van der Waals surface area contributed by atoms with E-state index in [1.807, 2.05) is 59.5 Å². The molecule has 1 fully saturated rings. The van der Waals surface area contributed by atoms with Crippen molar-refractivity contribution in [3.8, 4) is 11.1 Å². The summed E-state index contributed by atoms with van der Waals surface area (Å²) in [5.41, 5.74) is 1.83. The maximum absolute atomic E-state index is 13.2. The Bertz CT molecular complexity index is 1550. The topological polar surface area (TPSA) is 72.5 Å². The molecule has 216 valence electrons. The van der Waals surface area contributed by atoms with Crippen molar-refractivity contribution in [1.82, 2.24) is 4.90 Å². The van der Waals surface area contributed by atoms with Gasteiger partial charge in [0.25, 0.3) is 5.91 Å². The summed E-state index contributed by atoms with van der Waals surface area (Å²) in [6, 6.07) is 28.3. The van der Waals surface area contributed by atoms with E-state index in [4.69, 9.17) is 0 Å². The fraction of sp³-hybridized carbons (Fsp3) is 0.235. The van der Waals surface area contributed by atoms with Gasteiger partial charge >= 0.3 is 6.18 Å². The summed E-state index contributed by atoms with van der Waals surface area (Å²) in [6.07, 6.45) is -2.87. The van der Waals surface area contributed by atoms with Gasteiger partial charge in [-0.1, -0.05) is 72.8 Å². The molecule has 5 rings (SSSR count). The van der Waals surface area contributed by atoms with Crippen LogP contribution in [0.5, 0.6) is 0 Å². The van der Waals surface area contributed by atoms with Crippen LogP contribution in [0.3, 0.4) is 0 Å². The third kappa shape index (κ3) is 5.94. The minimum atomic E-state index is -4.43. The monoisotopic (exact) mass is 571 g/mol. The van der Waals surface area contributed by atoms with Crippen LogP contribution in [0.25, 0.3) is 11.1 Å². The maximum atomic E-state index is 13.2. The number of carboxylic acid groups (broad SMARTS) is 1. The van der Waals surface area contributed by atoms with Crippen LogP contribution in [0.1, 0.15) is 52.7 Å². The van der Waals surface area contributed by atoms with Crippen molar-refractivity contribution in [3.63, 3.8) is 0 Å². The lowest BCUT2D eigenvalue weighted by molar-refractivity contribution is -0.320. The summed E-state index contributed by atoms with van der Waals surface area (Å²) in [7, 11) is 0. The molecule has 1 atom stereocenters. The molecular formula is C34H30F3N2O3-. The Morgan fingerprint density at radius 1 is 0.786 bits per heavy atom. The molecule has 1 amide bonds.